The molecule has 1 aliphatic carbocycles. The Morgan fingerprint density at radius 3 is 1.59 bits per heavy atom. The van der Waals surface area contributed by atoms with Crippen LogP contribution in [0.15, 0.2) is 182 Å². The first-order chi connectivity index (χ1) is 25.3. The Balaban J connectivity index is 1.22. The minimum absolute atomic E-state index is 0.953. The van der Waals surface area contributed by atoms with Crippen molar-refractivity contribution < 1.29 is 0 Å². The molecule has 238 valence electrons. The first-order valence-corrected chi connectivity index (χ1v) is 17.7. The highest BCUT2D eigenvalue weighted by Crippen LogP contribution is 2.46. The Morgan fingerprint density at radius 1 is 0.333 bits per heavy atom. The number of fused-ring (bicyclic) bond motifs is 10. The highest BCUT2D eigenvalue weighted by molar-refractivity contribution is 6.29. The number of rotatable bonds is 4. The molecule has 2 aromatic heterocycles. The molecular formula is C49H32N2. The molecule has 2 heteroatoms. The van der Waals surface area contributed by atoms with Crippen molar-refractivity contribution in [3.63, 3.8) is 0 Å². The van der Waals surface area contributed by atoms with Gasteiger partial charge in [0, 0.05) is 32.9 Å². The largest absolute Gasteiger partial charge is 0.309 e. The second-order valence-corrected chi connectivity index (χ2v) is 13.7. The van der Waals surface area contributed by atoms with Crippen LogP contribution in [-0.4, -0.2) is 9.13 Å². The van der Waals surface area contributed by atoms with Gasteiger partial charge in [-0.2, -0.15) is 0 Å². The van der Waals surface area contributed by atoms with Gasteiger partial charge in [0.15, 0.2) is 0 Å². The average Bonchev–Trinajstić information content (AvgIpc) is 3.86. The van der Waals surface area contributed by atoms with E-state index in [2.05, 4.69) is 191 Å². The standard InChI is InChI=1S/C49H32N2/c1-3-14-32(15-4-1)34-19-13-20-36(28-34)50-44-24-11-9-22-39(44)48-46(50)26-27-47-49(48)40-23-10-12-25-45(40)51(47)37-30-41(33-16-5-2-6-17-33)42-29-35-18-7-8-21-38(35)43(42)31-37/h1-28,30-31H,29H2. The lowest BCUT2D eigenvalue weighted by atomic mass is 9.94. The zero-order valence-corrected chi connectivity index (χ0v) is 27.9. The van der Waals surface area contributed by atoms with Gasteiger partial charge in [-0.1, -0.05) is 133 Å². The van der Waals surface area contributed by atoms with E-state index in [9.17, 15) is 0 Å². The molecule has 2 heterocycles. The molecule has 2 nitrogen and oxygen atoms in total. The number of hydrogen-bond donors (Lipinski definition) is 0. The maximum atomic E-state index is 2.50. The predicted molar refractivity (Wildman–Crippen MR) is 214 cm³/mol. The number of para-hydroxylation sites is 2. The topological polar surface area (TPSA) is 9.86 Å². The van der Waals surface area contributed by atoms with Crippen molar-refractivity contribution in [2.75, 3.05) is 0 Å². The SMILES string of the molecule is c1ccc(-c2cccc(-n3c4ccccc4c4c5c6ccccc6n(-c6cc(-c7ccccc7)c7c(c6)-c6ccccc6C7)c5ccc43)c2)cc1. The number of aromatic nitrogens is 2. The molecule has 0 aliphatic heterocycles. The van der Waals surface area contributed by atoms with Crippen molar-refractivity contribution in [1.82, 2.24) is 9.13 Å². The lowest BCUT2D eigenvalue weighted by Crippen LogP contribution is -1.98. The third kappa shape index (κ3) is 4.17. The molecule has 51 heavy (non-hydrogen) atoms. The molecule has 0 atom stereocenters. The molecule has 0 spiro atoms. The maximum absolute atomic E-state index is 2.50. The zero-order chi connectivity index (χ0) is 33.5. The number of benzene rings is 8. The third-order valence-electron chi connectivity index (χ3n) is 10.9. The Kier molecular flexibility index (Phi) is 6.05. The summed E-state index contributed by atoms with van der Waals surface area (Å²) in [5.74, 6) is 0. The molecule has 0 saturated carbocycles. The summed E-state index contributed by atoms with van der Waals surface area (Å²) in [4.78, 5) is 0. The Hall–Kier alpha value is -6.64. The van der Waals surface area contributed by atoms with Crippen molar-refractivity contribution in [2.45, 2.75) is 6.42 Å². The summed E-state index contributed by atoms with van der Waals surface area (Å²) < 4.78 is 4.95. The average molecular weight is 649 g/mol. The van der Waals surface area contributed by atoms with Crippen LogP contribution in [0.5, 0.6) is 0 Å². The lowest BCUT2D eigenvalue weighted by Gasteiger charge is -2.16. The second-order valence-electron chi connectivity index (χ2n) is 13.7. The normalized spacial score (nSPS) is 12.2. The van der Waals surface area contributed by atoms with E-state index in [1.54, 1.807) is 0 Å². The van der Waals surface area contributed by atoms with E-state index in [-0.39, 0.29) is 0 Å². The second kappa shape index (κ2) is 10.9. The van der Waals surface area contributed by atoms with E-state index in [4.69, 9.17) is 0 Å². The zero-order valence-electron chi connectivity index (χ0n) is 27.9. The summed E-state index contributed by atoms with van der Waals surface area (Å²) in [5.41, 5.74) is 17.7. The minimum atomic E-state index is 0.953. The van der Waals surface area contributed by atoms with Gasteiger partial charge < -0.3 is 9.13 Å². The summed E-state index contributed by atoms with van der Waals surface area (Å²) in [6.07, 6.45) is 0.953. The molecule has 1 aliphatic rings. The first kappa shape index (κ1) is 28.2. The van der Waals surface area contributed by atoms with E-state index in [1.807, 2.05) is 0 Å². The van der Waals surface area contributed by atoms with Crippen molar-refractivity contribution >= 4 is 43.6 Å². The van der Waals surface area contributed by atoms with Gasteiger partial charge in [0.25, 0.3) is 0 Å². The van der Waals surface area contributed by atoms with E-state index >= 15 is 0 Å². The van der Waals surface area contributed by atoms with Crippen LogP contribution in [0.1, 0.15) is 11.1 Å². The maximum Gasteiger partial charge on any atom is 0.0548 e. The molecule has 0 saturated heterocycles. The van der Waals surface area contributed by atoms with Crippen LogP contribution in [0.3, 0.4) is 0 Å². The van der Waals surface area contributed by atoms with Gasteiger partial charge in [0.05, 0.1) is 22.1 Å². The monoisotopic (exact) mass is 648 g/mol. The van der Waals surface area contributed by atoms with Crippen LogP contribution >= 0.6 is 0 Å². The Labute approximate surface area is 296 Å². The fourth-order valence-corrected chi connectivity index (χ4v) is 8.75. The number of nitrogens with zero attached hydrogens (tertiary/aromatic N) is 2. The van der Waals surface area contributed by atoms with Crippen LogP contribution in [0.4, 0.5) is 0 Å². The van der Waals surface area contributed by atoms with Crippen LogP contribution in [0.25, 0.3) is 88.4 Å². The third-order valence-corrected chi connectivity index (χ3v) is 10.9. The molecule has 0 N–H and O–H groups in total. The summed E-state index contributed by atoms with van der Waals surface area (Å²) in [7, 11) is 0. The van der Waals surface area contributed by atoms with Gasteiger partial charge in [0.1, 0.15) is 0 Å². The van der Waals surface area contributed by atoms with E-state index in [0.29, 0.717) is 0 Å². The van der Waals surface area contributed by atoms with Crippen molar-refractivity contribution in [3.8, 4) is 44.8 Å². The summed E-state index contributed by atoms with van der Waals surface area (Å²) in [6, 6.07) is 66.8. The van der Waals surface area contributed by atoms with Gasteiger partial charge in [-0.05, 0) is 99.5 Å². The minimum Gasteiger partial charge on any atom is -0.309 e. The predicted octanol–water partition coefficient (Wildman–Crippen LogP) is 12.8. The highest BCUT2D eigenvalue weighted by Gasteiger charge is 2.25. The van der Waals surface area contributed by atoms with Crippen molar-refractivity contribution in [1.29, 1.82) is 0 Å². The first-order valence-electron chi connectivity index (χ1n) is 17.7. The van der Waals surface area contributed by atoms with Gasteiger partial charge in [-0.3, -0.25) is 0 Å². The smallest absolute Gasteiger partial charge is 0.0548 e. The molecular weight excluding hydrogens is 617 g/mol. The molecule has 0 fully saturated rings. The molecule has 11 rings (SSSR count). The fraction of sp³-hybridized carbons (Fsp3) is 0.0204. The van der Waals surface area contributed by atoms with Gasteiger partial charge in [-0.15, -0.1) is 0 Å². The Bertz CT molecular complexity index is 2980. The Morgan fingerprint density at radius 2 is 0.882 bits per heavy atom. The van der Waals surface area contributed by atoms with Crippen LogP contribution in [0.2, 0.25) is 0 Å². The van der Waals surface area contributed by atoms with Crippen LogP contribution < -0.4 is 0 Å². The molecule has 0 unspecified atom stereocenters. The lowest BCUT2D eigenvalue weighted by molar-refractivity contribution is 1.17. The van der Waals surface area contributed by atoms with E-state index < -0.39 is 0 Å². The summed E-state index contributed by atoms with van der Waals surface area (Å²) in [6.45, 7) is 0. The molecule has 10 aromatic rings. The molecule has 0 amide bonds. The molecule has 8 aromatic carbocycles. The van der Waals surface area contributed by atoms with Gasteiger partial charge in [0.2, 0.25) is 0 Å². The summed E-state index contributed by atoms with van der Waals surface area (Å²) >= 11 is 0. The van der Waals surface area contributed by atoms with Crippen LogP contribution in [0, 0.1) is 0 Å². The molecule has 0 bridgehead atoms. The highest BCUT2D eigenvalue weighted by atomic mass is 15.0. The van der Waals surface area contributed by atoms with E-state index in [0.717, 1.165) is 12.1 Å². The van der Waals surface area contributed by atoms with Crippen LogP contribution in [-0.2, 0) is 6.42 Å². The number of hydrogen-bond acceptors (Lipinski definition) is 0. The van der Waals surface area contributed by atoms with Crippen molar-refractivity contribution in [2.24, 2.45) is 0 Å². The van der Waals surface area contributed by atoms with Gasteiger partial charge >= 0.3 is 0 Å². The van der Waals surface area contributed by atoms with Gasteiger partial charge in [-0.25, -0.2) is 0 Å². The quantitative estimate of drug-likeness (QED) is 0.180. The molecule has 0 radical (unpaired) electrons. The van der Waals surface area contributed by atoms with Crippen molar-refractivity contribution in [3.05, 3.63) is 193 Å². The van der Waals surface area contributed by atoms with E-state index in [1.165, 1.54) is 93.8 Å². The fourth-order valence-electron chi connectivity index (χ4n) is 8.75. The summed E-state index contributed by atoms with van der Waals surface area (Å²) in [5, 5.41) is 5.11.